The van der Waals surface area contributed by atoms with E-state index in [0.717, 1.165) is 6.04 Å². The van der Waals surface area contributed by atoms with E-state index in [1.807, 2.05) is 7.11 Å². The fourth-order valence-electron chi connectivity index (χ4n) is 2.58. The number of fused-ring (bicyclic) bond motifs is 2. The summed E-state index contributed by atoms with van der Waals surface area (Å²) >= 11 is 0. The molecule has 0 radical (unpaired) electrons. The second-order valence-electron chi connectivity index (χ2n) is 4.54. The van der Waals surface area contributed by atoms with Crippen molar-refractivity contribution in [2.24, 2.45) is 0 Å². The highest BCUT2D eigenvalue weighted by Crippen LogP contribution is 2.28. The molecule has 3 aromatic carbocycles. The van der Waals surface area contributed by atoms with Gasteiger partial charge in [-0.05, 0) is 39.2 Å². The summed E-state index contributed by atoms with van der Waals surface area (Å²) in [5, 5.41) is 5.41. The average Bonchev–Trinajstić information content (AvgIpc) is 2.43. The topological polar surface area (TPSA) is 9.23 Å². The zero-order valence-corrected chi connectivity index (χ0v) is 11.9. The van der Waals surface area contributed by atoms with Gasteiger partial charge in [0, 0.05) is 7.11 Å². The van der Waals surface area contributed by atoms with Crippen molar-refractivity contribution in [1.29, 1.82) is 0 Å². The van der Waals surface area contributed by atoms with E-state index in [1.165, 1.54) is 27.1 Å². The summed E-state index contributed by atoms with van der Waals surface area (Å²) in [7, 11) is 1.37. The minimum atomic E-state index is -0.453. The Labute approximate surface area is 109 Å². The highest BCUT2D eigenvalue weighted by molar-refractivity contribution is 6.28. The quantitative estimate of drug-likeness (QED) is 0.514. The van der Waals surface area contributed by atoms with Gasteiger partial charge in [0.05, 0.1) is 0 Å². The predicted molar refractivity (Wildman–Crippen MR) is 80.7 cm³/mol. The van der Waals surface area contributed by atoms with Crippen LogP contribution in [0.3, 0.4) is 0 Å². The van der Waals surface area contributed by atoms with Gasteiger partial charge in [-0.15, -0.1) is 0 Å². The van der Waals surface area contributed by atoms with Gasteiger partial charge in [-0.2, -0.15) is 0 Å². The zero-order chi connectivity index (χ0) is 12.4. The summed E-state index contributed by atoms with van der Waals surface area (Å²) in [4.78, 5) is 0. The molecule has 0 heterocycles. The first-order valence-corrected chi connectivity index (χ1v) is 7.86. The van der Waals surface area contributed by atoms with Crippen LogP contribution in [0.15, 0.2) is 54.6 Å². The van der Waals surface area contributed by atoms with Crippen LogP contribution in [0.1, 0.15) is 5.56 Å². The zero-order valence-electron chi connectivity index (χ0n) is 10.5. The maximum atomic E-state index is 5.38. The van der Waals surface area contributed by atoms with Gasteiger partial charge in [0.15, 0.2) is 9.76 Å². The van der Waals surface area contributed by atoms with E-state index in [2.05, 4.69) is 54.6 Å². The first kappa shape index (κ1) is 11.4. The number of hydrogen-bond acceptors (Lipinski definition) is 1. The van der Waals surface area contributed by atoms with Crippen molar-refractivity contribution in [3.63, 3.8) is 0 Å². The van der Waals surface area contributed by atoms with Crippen LogP contribution < -0.4 is 0 Å². The lowest BCUT2D eigenvalue weighted by atomic mass is 9.98. The Morgan fingerprint density at radius 1 is 0.889 bits per heavy atom. The molecule has 0 aliphatic heterocycles. The van der Waals surface area contributed by atoms with Gasteiger partial charge in [-0.1, -0.05) is 48.5 Å². The van der Waals surface area contributed by atoms with Crippen molar-refractivity contribution in [1.82, 2.24) is 0 Å². The van der Waals surface area contributed by atoms with Crippen LogP contribution in [0, 0.1) is 0 Å². The molecule has 0 amide bonds. The Bertz CT molecular complexity index is 637. The van der Waals surface area contributed by atoms with Crippen molar-refractivity contribution in [2.45, 2.75) is 6.04 Å². The smallest absolute Gasteiger partial charge is 0.165 e. The highest BCUT2D eigenvalue weighted by atomic mass is 28.2. The summed E-state index contributed by atoms with van der Waals surface area (Å²) in [5.74, 6) is 0. The van der Waals surface area contributed by atoms with Gasteiger partial charge < -0.3 is 4.43 Å². The number of hydrogen-bond donors (Lipinski definition) is 0. The van der Waals surface area contributed by atoms with Gasteiger partial charge >= 0.3 is 0 Å². The van der Waals surface area contributed by atoms with Crippen LogP contribution in [0.5, 0.6) is 0 Å². The summed E-state index contributed by atoms with van der Waals surface area (Å²) < 4.78 is 5.38. The minimum Gasteiger partial charge on any atom is -0.427 e. The van der Waals surface area contributed by atoms with E-state index in [4.69, 9.17) is 4.43 Å². The predicted octanol–water partition coefficient (Wildman–Crippen LogP) is 3.22. The van der Waals surface area contributed by atoms with Gasteiger partial charge in [0.1, 0.15) is 0 Å². The van der Waals surface area contributed by atoms with Crippen molar-refractivity contribution < 1.29 is 4.43 Å². The Morgan fingerprint density at radius 2 is 1.44 bits per heavy atom. The fraction of sp³-hybridized carbons (Fsp3) is 0.125. The molecule has 2 heteroatoms. The van der Waals surface area contributed by atoms with Crippen molar-refractivity contribution in [3.8, 4) is 0 Å². The molecule has 18 heavy (non-hydrogen) atoms. The molecule has 0 aromatic heterocycles. The van der Waals surface area contributed by atoms with E-state index in [9.17, 15) is 0 Å². The van der Waals surface area contributed by atoms with E-state index >= 15 is 0 Å². The molecule has 0 unspecified atom stereocenters. The monoisotopic (exact) mass is 252 g/mol. The SMILES string of the molecule is CO[SiH2]Cc1c2ccccc2cc2ccccc12. The van der Waals surface area contributed by atoms with Crippen LogP contribution in [-0.4, -0.2) is 16.9 Å². The first-order chi connectivity index (χ1) is 8.90. The largest absolute Gasteiger partial charge is 0.427 e. The molecular formula is C16H16OSi. The third-order valence-corrected chi connectivity index (χ3v) is 4.55. The lowest BCUT2D eigenvalue weighted by Crippen LogP contribution is -2.01. The Kier molecular flexibility index (Phi) is 3.13. The van der Waals surface area contributed by atoms with Crippen molar-refractivity contribution in [2.75, 3.05) is 7.11 Å². The molecule has 0 fully saturated rings. The molecule has 0 N–H and O–H groups in total. The van der Waals surface area contributed by atoms with Gasteiger partial charge in [-0.25, -0.2) is 0 Å². The summed E-state index contributed by atoms with van der Waals surface area (Å²) in [6.07, 6.45) is 0. The lowest BCUT2D eigenvalue weighted by molar-refractivity contribution is 0.441. The van der Waals surface area contributed by atoms with Crippen molar-refractivity contribution in [3.05, 3.63) is 60.2 Å². The summed E-state index contributed by atoms with van der Waals surface area (Å²) in [5.41, 5.74) is 1.46. The van der Waals surface area contributed by atoms with E-state index < -0.39 is 9.76 Å². The van der Waals surface area contributed by atoms with Gasteiger partial charge in [0.2, 0.25) is 0 Å². The molecular weight excluding hydrogens is 236 g/mol. The molecule has 0 atom stereocenters. The second-order valence-corrected chi connectivity index (χ2v) is 6.03. The normalized spacial score (nSPS) is 11.8. The number of rotatable bonds is 3. The van der Waals surface area contributed by atoms with E-state index in [1.54, 1.807) is 0 Å². The van der Waals surface area contributed by atoms with Crippen LogP contribution in [0.2, 0.25) is 0 Å². The molecule has 0 aliphatic carbocycles. The van der Waals surface area contributed by atoms with Crippen LogP contribution in [-0.2, 0) is 10.5 Å². The highest BCUT2D eigenvalue weighted by Gasteiger charge is 2.06. The van der Waals surface area contributed by atoms with E-state index in [0.29, 0.717) is 0 Å². The van der Waals surface area contributed by atoms with Crippen LogP contribution in [0.25, 0.3) is 21.5 Å². The molecule has 3 aromatic rings. The first-order valence-electron chi connectivity index (χ1n) is 6.28. The van der Waals surface area contributed by atoms with Crippen LogP contribution in [0.4, 0.5) is 0 Å². The van der Waals surface area contributed by atoms with Crippen LogP contribution >= 0.6 is 0 Å². The lowest BCUT2D eigenvalue weighted by Gasteiger charge is -2.10. The summed E-state index contributed by atoms with van der Waals surface area (Å²) in [6.45, 7) is 0. The molecule has 90 valence electrons. The Balaban J connectivity index is 2.34. The third-order valence-electron chi connectivity index (χ3n) is 3.44. The molecule has 0 spiro atoms. The molecule has 0 saturated heterocycles. The summed E-state index contributed by atoms with van der Waals surface area (Å²) in [6, 6.07) is 20.7. The maximum Gasteiger partial charge on any atom is 0.165 e. The molecule has 0 bridgehead atoms. The van der Waals surface area contributed by atoms with Gasteiger partial charge in [-0.3, -0.25) is 0 Å². The molecule has 0 aliphatic rings. The number of benzene rings is 3. The molecule has 1 nitrogen and oxygen atoms in total. The third kappa shape index (κ3) is 1.94. The Morgan fingerprint density at radius 3 is 2.00 bits per heavy atom. The van der Waals surface area contributed by atoms with Crippen molar-refractivity contribution >= 4 is 31.3 Å². The average molecular weight is 252 g/mol. The Hall–Kier alpha value is -1.64. The second kappa shape index (κ2) is 4.92. The molecule has 0 saturated carbocycles. The minimum absolute atomic E-state index is 0.453. The van der Waals surface area contributed by atoms with E-state index in [-0.39, 0.29) is 0 Å². The maximum absolute atomic E-state index is 5.38. The molecule has 3 rings (SSSR count). The van der Waals surface area contributed by atoms with Gasteiger partial charge in [0.25, 0.3) is 0 Å². The standard InChI is InChI=1S/C16H16OSi/c1-17-18-11-16-14-8-4-2-6-12(14)10-13-7-3-5-9-15(13)16/h2-10H,11,18H2,1H3. The fourth-order valence-corrected chi connectivity index (χ4v) is 3.53.